The third-order valence-corrected chi connectivity index (χ3v) is 1.98. The van der Waals surface area contributed by atoms with Crippen molar-refractivity contribution in [2.45, 2.75) is 38.8 Å². The molecule has 96 valence electrons. The fourth-order valence-corrected chi connectivity index (χ4v) is 1.05. The first kappa shape index (κ1) is 15.5. The lowest BCUT2D eigenvalue weighted by Gasteiger charge is -2.30. The van der Waals surface area contributed by atoms with Crippen molar-refractivity contribution < 1.29 is 23.7 Å². The van der Waals surface area contributed by atoms with Gasteiger partial charge in [-0.2, -0.15) is 0 Å². The van der Waals surface area contributed by atoms with E-state index in [0.29, 0.717) is 13.0 Å². The van der Waals surface area contributed by atoms with Crippen molar-refractivity contribution in [1.29, 1.82) is 0 Å². The molecule has 0 aromatic rings. The van der Waals surface area contributed by atoms with Crippen LogP contribution < -0.4 is 0 Å². The molecule has 1 aliphatic heterocycles. The van der Waals surface area contributed by atoms with Gasteiger partial charge < -0.3 is 18.9 Å². The van der Waals surface area contributed by atoms with E-state index in [1.54, 1.807) is 28.1 Å². The average Bonchev–Trinajstić information content (AvgIpc) is 2.23. The molecule has 5 nitrogen and oxygen atoms in total. The molecule has 1 fully saturated rings. The molecular weight excluding hydrogens is 212 g/mol. The van der Waals surface area contributed by atoms with E-state index < -0.39 is 12.1 Å². The molecule has 0 saturated carbocycles. The summed E-state index contributed by atoms with van der Waals surface area (Å²) in [5.74, 6) is -0.770. The molecule has 0 aromatic carbocycles. The second-order valence-electron chi connectivity index (χ2n) is 3.90. The van der Waals surface area contributed by atoms with Gasteiger partial charge in [0.1, 0.15) is 0 Å². The Morgan fingerprint density at radius 2 is 1.88 bits per heavy atom. The molecule has 1 saturated heterocycles. The van der Waals surface area contributed by atoms with Crippen molar-refractivity contribution >= 4 is 5.78 Å². The molecule has 1 unspecified atom stereocenters. The largest absolute Gasteiger partial charge is 0.388 e. The van der Waals surface area contributed by atoms with Gasteiger partial charge in [-0.25, -0.2) is 0 Å². The van der Waals surface area contributed by atoms with Gasteiger partial charge in [-0.15, -0.1) is 0 Å². The zero-order chi connectivity index (χ0) is 12.6. The van der Waals surface area contributed by atoms with Crippen molar-refractivity contribution in [3.05, 3.63) is 0 Å². The Hall–Kier alpha value is -0.490. The molecule has 0 aromatic heterocycles. The zero-order valence-electron chi connectivity index (χ0n) is 10.7. The number of carbonyl (C=O) groups is 1. The molecule has 1 atom stereocenters. The fourth-order valence-electron chi connectivity index (χ4n) is 1.05. The fraction of sp³-hybridized carbons (Fsp3) is 0.909. The summed E-state index contributed by atoms with van der Waals surface area (Å²) in [6.07, 6.45) is 0.569. The predicted molar refractivity (Wildman–Crippen MR) is 59.1 cm³/mol. The Kier molecular flexibility index (Phi) is 7.49. The molecule has 0 N–H and O–H groups in total. The Balaban J connectivity index is 0.000000673. The molecule has 1 rings (SSSR count). The summed E-state index contributed by atoms with van der Waals surface area (Å²) in [4.78, 5) is 11.3. The van der Waals surface area contributed by atoms with Gasteiger partial charge in [0.05, 0.1) is 6.61 Å². The number of Topliss-reactive ketones (excluding diaryl/α,β-unsaturated/α-hetero) is 1. The summed E-state index contributed by atoms with van der Waals surface area (Å²) in [5.41, 5.74) is 0. The number of methoxy groups -OCH3 is 2. The van der Waals surface area contributed by atoms with E-state index in [-0.39, 0.29) is 5.78 Å². The Morgan fingerprint density at radius 1 is 1.31 bits per heavy atom. The normalized spacial score (nSPS) is 21.3. The Labute approximate surface area is 97.0 Å². The molecule has 0 amide bonds. The quantitative estimate of drug-likeness (QED) is 0.690. The molecule has 0 radical (unpaired) electrons. The summed E-state index contributed by atoms with van der Waals surface area (Å²) in [5, 5.41) is 0. The van der Waals surface area contributed by atoms with Crippen LogP contribution in [-0.4, -0.2) is 45.8 Å². The summed E-state index contributed by atoms with van der Waals surface area (Å²) >= 11 is 0. The van der Waals surface area contributed by atoms with Gasteiger partial charge in [-0.1, -0.05) is 0 Å². The third-order valence-electron chi connectivity index (χ3n) is 1.98. The summed E-state index contributed by atoms with van der Waals surface area (Å²) in [6, 6.07) is 0. The summed E-state index contributed by atoms with van der Waals surface area (Å²) in [7, 11) is 4.79. The van der Waals surface area contributed by atoms with Gasteiger partial charge >= 0.3 is 0 Å². The highest BCUT2D eigenvalue weighted by atomic mass is 16.8. The highest BCUT2D eigenvalue weighted by Crippen LogP contribution is 2.18. The maximum absolute atomic E-state index is 11.3. The van der Waals surface area contributed by atoms with Crippen LogP contribution in [0.2, 0.25) is 0 Å². The van der Waals surface area contributed by atoms with E-state index >= 15 is 0 Å². The van der Waals surface area contributed by atoms with E-state index in [9.17, 15) is 4.79 Å². The molecule has 1 heterocycles. The van der Waals surface area contributed by atoms with E-state index in [1.165, 1.54) is 7.11 Å². The van der Waals surface area contributed by atoms with Crippen LogP contribution in [0.25, 0.3) is 0 Å². The molecule has 0 bridgehead atoms. The number of hydrogen-bond acceptors (Lipinski definition) is 5. The van der Waals surface area contributed by atoms with Gasteiger partial charge in [-0.05, 0) is 20.3 Å². The minimum Gasteiger partial charge on any atom is -0.388 e. The van der Waals surface area contributed by atoms with E-state index in [0.717, 1.165) is 6.42 Å². The van der Waals surface area contributed by atoms with Crippen molar-refractivity contribution in [3.63, 3.8) is 0 Å². The monoisotopic (exact) mass is 234 g/mol. The first-order valence-corrected chi connectivity index (χ1v) is 5.24. The zero-order valence-corrected chi connectivity index (χ0v) is 10.7. The molecule has 1 aliphatic rings. The lowest BCUT2D eigenvalue weighted by atomic mass is 10.2. The maximum atomic E-state index is 11.3. The number of ether oxygens (including phenoxy) is 4. The highest BCUT2D eigenvalue weighted by molar-refractivity contribution is 5.82. The van der Waals surface area contributed by atoms with Crippen molar-refractivity contribution in [3.8, 4) is 0 Å². The second-order valence-corrected chi connectivity index (χ2v) is 3.90. The van der Waals surface area contributed by atoms with E-state index in [1.807, 2.05) is 0 Å². The average molecular weight is 234 g/mol. The van der Waals surface area contributed by atoms with Crippen molar-refractivity contribution in [2.24, 2.45) is 0 Å². The molecule has 5 heteroatoms. The SMILES string of the molecule is COC.COC(C)(C)OC1OCCCC1=O. The van der Waals surface area contributed by atoms with Gasteiger partial charge in [-0.3, -0.25) is 4.79 Å². The minimum atomic E-state index is -0.766. The van der Waals surface area contributed by atoms with Crippen LogP contribution in [0.1, 0.15) is 26.7 Å². The smallest absolute Gasteiger partial charge is 0.220 e. The topological polar surface area (TPSA) is 54.0 Å². The van der Waals surface area contributed by atoms with Crippen LogP contribution in [0.15, 0.2) is 0 Å². The molecular formula is C11H22O5. The number of hydrogen-bond donors (Lipinski definition) is 0. The van der Waals surface area contributed by atoms with Gasteiger partial charge in [0.25, 0.3) is 0 Å². The number of rotatable bonds is 3. The number of ketones is 1. The third kappa shape index (κ3) is 6.17. The molecule has 0 aliphatic carbocycles. The van der Waals surface area contributed by atoms with E-state index in [4.69, 9.17) is 14.2 Å². The van der Waals surface area contributed by atoms with Crippen LogP contribution in [0.5, 0.6) is 0 Å². The highest BCUT2D eigenvalue weighted by Gasteiger charge is 2.30. The van der Waals surface area contributed by atoms with Crippen LogP contribution >= 0.6 is 0 Å². The van der Waals surface area contributed by atoms with Crippen LogP contribution in [0, 0.1) is 0 Å². The Morgan fingerprint density at radius 3 is 2.31 bits per heavy atom. The first-order chi connectivity index (χ1) is 7.46. The van der Waals surface area contributed by atoms with Gasteiger partial charge in [0, 0.05) is 27.8 Å². The summed E-state index contributed by atoms with van der Waals surface area (Å²) in [6.45, 7) is 4.08. The van der Waals surface area contributed by atoms with Crippen LogP contribution in [0.4, 0.5) is 0 Å². The lowest BCUT2D eigenvalue weighted by Crippen LogP contribution is -2.40. The number of carbonyl (C=O) groups excluding carboxylic acids is 1. The Bertz CT molecular complexity index is 203. The first-order valence-electron chi connectivity index (χ1n) is 5.24. The molecule has 16 heavy (non-hydrogen) atoms. The minimum absolute atomic E-state index is 0.00336. The van der Waals surface area contributed by atoms with Crippen molar-refractivity contribution in [2.75, 3.05) is 27.9 Å². The van der Waals surface area contributed by atoms with Crippen molar-refractivity contribution in [1.82, 2.24) is 0 Å². The lowest BCUT2D eigenvalue weighted by molar-refractivity contribution is -0.280. The van der Waals surface area contributed by atoms with Crippen LogP contribution in [-0.2, 0) is 23.7 Å². The molecule has 0 spiro atoms. The van der Waals surface area contributed by atoms with Gasteiger partial charge in [0.2, 0.25) is 6.29 Å². The van der Waals surface area contributed by atoms with Crippen LogP contribution in [0.3, 0.4) is 0 Å². The maximum Gasteiger partial charge on any atom is 0.220 e. The second kappa shape index (κ2) is 7.73. The predicted octanol–water partition coefficient (Wildman–Crippen LogP) is 1.35. The van der Waals surface area contributed by atoms with Gasteiger partial charge in [0.15, 0.2) is 11.6 Å². The summed E-state index contributed by atoms with van der Waals surface area (Å²) < 4.78 is 19.8. The standard InChI is InChI=1S/C9H16O4.C2H6O/c1-9(2,11-3)13-8-7(10)5-4-6-12-8;1-3-2/h8H,4-6H2,1-3H3;1-2H3. The van der Waals surface area contributed by atoms with E-state index in [2.05, 4.69) is 4.74 Å².